The summed E-state index contributed by atoms with van der Waals surface area (Å²) in [6, 6.07) is 4.88. The summed E-state index contributed by atoms with van der Waals surface area (Å²) in [4.78, 5) is 11.0. The van der Waals surface area contributed by atoms with Gasteiger partial charge in [-0.15, -0.1) is 0 Å². The van der Waals surface area contributed by atoms with Gasteiger partial charge in [-0.1, -0.05) is 25.7 Å². The van der Waals surface area contributed by atoms with Crippen molar-refractivity contribution in [2.45, 2.75) is 51.2 Å². The number of rotatable bonds is 5. The molecule has 4 nitrogen and oxygen atoms in total. The number of benzene rings is 1. The lowest BCUT2D eigenvalue weighted by atomic mass is 10.1. The second-order valence-corrected chi connectivity index (χ2v) is 5.26. The molecule has 4 heteroatoms. The van der Waals surface area contributed by atoms with E-state index in [4.69, 9.17) is 14.6 Å². The molecule has 0 heterocycles. The molecule has 0 aliphatic heterocycles. The molecule has 0 aromatic heterocycles. The van der Waals surface area contributed by atoms with Gasteiger partial charge in [0.05, 0.1) is 25.4 Å². The van der Waals surface area contributed by atoms with E-state index in [1.54, 1.807) is 25.3 Å². The quantitative estimate of drug-likeness (QED) is 0.836. The molecule has 0 atom stereocenters. The van der Waals surface area contributed by atoms with Crippen LogP contribution in [0.5, 0.6) is 5.75 Å². The third kappa shape index (κ3) is 3.97. The lowest BCUT2D eigenvalue weighted by Gasteiger charge is -2.17. The van der Waals surface area contributed by atoms with Gasteiger partial charge in [0.2, 0.25) is 0 Å². The van der Waals surface area contributed by atoms with Crippen LogP contribution in [0.25, 0.3) is 0 Å². The summed E-state index contributed by atoms with van der Waals surface area (Å²) in [6.45, 7) is 0.412. The first-order chi connectivity index (χ1) is 9.70. The Kier molecular flexibility index (Phi) is 5.41. The van der Waals surface area contributed by atoms with Crippen LogP contribution in [0, 0.1) is 0 Å². The molecular formula is C16H22O4. The molecule has 1 aromatic rings. The summed E-state index contributed by atoms with van der Waals surface area (Å²) in [5.74, 6) is -0.244. The molecule has 2 rings (SSSR count). The standard InChI is InChI=1S/C16H22O4/c1-19-15-9-8-12(16(17)18)10-13(15)11-20-14-6-4-2-3-5-7-14/h8-10,14H,2-7,11H2,1H3,(H,17,18). The van der Waals surface area contributed by atoms with Crippen LogP contribution in [0.3, 0.4) is 0 Å². The maximum atomic E-state index is 11.0. The van der Waals surface area contributed by atoms with E-state index in [9.17, 15) is 4.79 Å². The fourth-order valence-corrected chi connectivity index (χ4v) is 2.64. The van der Waals surface area contributed by atoms with Gasteiger partial charge in [-0.3, -0.25) is 0 Å². The van der Waals surface area contributed by atoms with Crippen molar-refractivity contribution in [2.75, 3.05) is 7.11 Å². The Morgan fingerprint density at radius 3 is 2.55 bits per heavy atom. The number of ether oxygens (including phenoxy) is 2. The minimum atomic E-state index is -0.927. The molecule has 1 aliphatic carbocycles. The Morgan fingerprint density at radius 2 is 1.95 bits per heavy atom. The average molecular weight is 278 g/mol. The summed E-state index contributed by atoms with van der Waals surface area (Å²) < 4.78 is 11.2. The van der Waals surface area contributed by atoms with Crippen molar-refractivity contribution >= 4 is 5.97 Å². The molecule has 0 amide bonds. The molecule has 0 spiro atoms. The Bertz CT molecular complexity index is 448. The Balaban J connectivity index is 2.02. The molecule has 1 saturated carbocycles. The minimum absolute atomic E-state index is 0.269. The number of hydrogen-bond donors (Lipinski definition) is 1. The molecule has 1 fully saturated rings. The number of carbonyl (C=O) groups is 1. The molecule has 0 radical (unpaired) electrons. The van der Waals surface area contributed by atoms with E-state index in [2.05, 4.69) is 0 Å². The van der Waals surface area contributed by atoms with E-state index in [1.807, 2.05) is 0 Å². The Hall–Kier alpha value is -1.55. The van der Waals surface area contributed by atoms with Gasteiger partial charge in [0.15, 0.2) is 0 Å². The van der Waals surface area contributed by atoms with Crippen LogP contribution < -0.4 is 4.74 Å². The van der Waals surface area contributed by atoms with Gasteiger partial charge < -0.3 is 14.6 Å². The first-order valence-electron chi connectivity index (χ1n) is 7.22. The summed E-state index contributed by atoms with van der Waals surface area (Å²) in [5, 5.41) is 9.05. The molecule has 20 heavy (non-hydrogen) atoms. The zero-order valence-corrected chi connectivity index (χ0v) is 11.9. The van der Waals surface area contributed by atoms with E-state index >= 15 is 0 Å². The van der Waals surface area contributed by atoms with Crippen molar-refractivity contribution in [2.24, 2.45) is 0 Å². The van der Waals surface area contributed by atoms with Crippen LogP contribution in [-0.2, 0) is 11.3 Å². The third-order valence-corrected chi connectivity index (χ3v) is 3.80. The van der Waals surface area contributed by atoms with Gasteiger partial charge in [0, 0.05) is 5.56 Å². The highest BCUT2D eigenvalue weighted by molar-refractivity contribution is 5.88. The lowest BCUT2D eigenvalue weighted by Crippen LogP contribution is -2.12. The second kappa shape index (κ2) is 7.29. The monoisotopic (exact) mass is 278 g/mol. The van der Waals surface area contributed by atoms with Crippen molar-refractivity contribution in [3.63, 3.8) is 0 Å². The minimum Gasteiger partial charge on any atom is -0.496 e. The zero-order valence-electron chi connectivity index (χ0n) is 11.9. The average Bonchev–Trinajstić information content (AvgIpc) is 2.73. The normalized spacial score (nSPS) is 16.6. The number of carboxylic acid groups (broad SMARTS) is 1. The van der Waals surface area contributed by atoms with Gasteiger partial charge >= 0.3 is 5.97 Å². The van der Waals surface area contributed by atoms with Gasteiger partial charge in [-0.05, 0) is 31.0 Å². The molecule has 0 saturated heterocycles. The van der Waals surface area contributed by atoms with Crippen LogP contribution in [0.1, 0.15) is 54.4 Å². The largest absolute Gasteiger partial charge is 0.496 e. The Labute approximate surface area is 119 Å². The summed E-state index contributed by atoms with van der Waals surface area (Å²) in [6.07, 6.45) is 7.50. The summed E-state index contributed by atoms with van der Waals surface area (Å²) in [5.41, 5.74) is 1.07. The fraction of sp³-hybridized carbons (Fsp3) is 0.562. The highest BCUT2D eigenvalue weighted by atomic mass is 16.5. The van der Waals surface area contributed by atoms with Crippen molar-refractivity contribution < 1.29 is 19.4 Å². The van der Waals surface area contributed by atoms with Crippen LogP contribution in [0.15, 0.2) is 18.2 Å². The van der Waals surface area contributed by atoms with E-state index in [0.29, 0.717) is 12.4 Å². The van der Waals surface area contributed by atoms with E-state index in [1.165, 1.54) is 25.7 Å². The SMILES string of the molecule is COc1ccc(C(=O)O)cc1COC1CCCCCC1. The fourth-order valence-electron chi connectivity index (χ4n) is 2.64. The highest BCUT2D eigenvalue weighted by Crippen LogP contribution is 2.25. The highest BCUT2D eigenvalue weighted by Gasteiger charge is 2.15. The first kappa shape index (κ1) is 14.9. The van der Waals surface area contributed by atoms with Gasteiger partial charge in [0.25, 0.3) is 0 Å². The number of aromatic carboxylic acids is 1. The van der Waals surface area contributed by atoms with Crippen LogP contribution >= 0.6 is 0 Å². The predicted molar refractivity (Wildman–Crippen MR) is 76.2 cm³/mol. The topological polar surface area (TPSA) is 55.8 Å². The Morgan fingerprint density at radius 1 is 1.25 bits per heavy atom. The number of hydrogen-bond acceptors (Lipinski definition) is 3. The van der Waals surface area contributed by atoms with Gasteiger partial charge in [-0.2, -0.15) is 0 Å². The molecular weight excluding hydrogens is 256 g/mol. The summed E-state index contributed by atoms with van der Waals surface area (Å²) >= 11 is 0. The van der Waals surface area contributed by atoms with Gasteiger partial charge in [-0.25, -0.2) is 4.79 Å². The van der Waals surface area contributed by atoms with Gasteiger partial charge in [0.1, 0.15) is 5.75 Å². The molecule has 1 aromatic carbocycles. The second-order valence-electron chi connectivity index (χ2n) is 5.26. The van der Waals surface area contributed by atoms with Crippen molar-refractivity contribution in [1.29, 1.82) is 0 Å². The molecule has 1 N–H and O–H groups in total. The van der Waals surface area contributed by atoms with Crippen LogP contribution in [0.2, 0.25) is 0 Å². The van der Waals surface area contributed by atoms with Crippen molar-refractivity contribution in [3.05, 3.63) is 29.3 Å². The first-order valence-corrected chi connectivity index (χ1v) is 7.22. The van der Waals surface area contributed by atoms with Crippen LogP contribution in [-0.4, -0.2) is 24.3 Å². The smallest absolute Gasteiger partial charge is 0.335 e. The zero-order chi connectivity index (χ0) is 14.4. The molecule has 0 unspecified atom stereocenters. The number of carboxylic acids is 1. The maximum absolute atomic E-state index is 11.0. The van der Waals surface area contributed by atoms with Crippen molar-refractivity contribution in [3.8, 4) is 5.75 Å². The predicted octanol–water partition coefficient (Wildman–Crippen LogP) is 3.63. The lowest BCUT2D eigenvalue weighted by molar-refractivity contribution is 0.0300. The third-order valence-electron chi connectivity index (χ3n) is 3.80. The molecule has 110 valence electrons. The molecule has 1 aliphatic rings. The van der Waals surface area contributed by atoms with Crippen molar-refractivity contribution in [1.82, 2.24) is 0 Å². The molecule has 0 bridgehead atoms. The van der Waals surface area contributed by atoms with Crippen LogP contribution in [0.4, 0.5) is 0 Å². The van der Waals surface area contributed by atoms with E-state index in [-0.39, 0.29) is 11.7 Å². The summed E-state index contributed by atoms with van der Waals surface area (Å²) in [7, 11) is 1.59. The van der Waals surface area contributed by atoms with E-state index < -0.39 is 5.97 Å². The van der Waals surface area contributed by atoms with E-state index in [0.717, 1.165) is 18.4 Å². The maximum Gasteiger partial charge on any atom is 0.335 e. The number of methoxy groups -OCH3 is 1.